The first kappa shape index (κ1) is 8.56. The molecule has 68 valence electrons. The van der Waals surface area contributed by atoms with Crippen molar-refractivity contribution in [2.75, 3.05) is 0 Å². The van der Waals surface area contributed by atoms with Crippen molar-refractivity contribution >= 4 is 22.8 Å². The first-order valence-electron chi connectivity index (χ1n) is 4.48. The zero-order valence-electron chi connectivity index (χ0n) is 7.53. The molecule has 0 unspecified atom stereocenters. The number of aromatic nitrogens is 3. The van der Waals surface area contributed by atoms with Crippen molar-refractivity contribution in [1.82, 2.24) is 13.7 Å². The van der Waals surface area contributed by atoms with E-state index < -0.39 is 0 Å². The zero-order chi connectivity index (χ0) is 9.10. The van der Waals surface area contributed by atoms with Gasteiger partial charge in [-0.15, -0.1) is 0 Å². The predicted molar refractivity (Wildman–Crippen MR) is 53.8 cm³/mol. The fraction of sp³-hybridized carbons (Fsp3) is 0.444. The number of unbranched alkanes of at least 4 members (excludes halogenated alkanes) is 1. The lowest BCUT2D eigenvalue weighted by atomic mass is 10.1. The zero-order valence-corrected chi connectivity index (χ0v) is 8.34. The van der Waals surface area contributed by atoms with Crippen LogP contribution in [0.5, 0.6) is 0 Å². The Morgan fingerprint density at radius 3 is 3.15 bits per heavy atom. The van der Waals surface area contributed by atoms with E-state index in [2.05, 4.69) is 20.7 Å². The topological polar surface area (TPSA) is 38.7 Å². The van der Waals surface area contributed by atoms with Gasteiger partial charge in [-0.25, -0.2) is 0 Å². The molecule has 0 atom stereocenters. The third kappa shape index (κ3) is 1.67. The maximum Gasteiger partial charge on any atom is 0.126 e. The van der Waals surface area contributed by atoms with Gasteiger partial charge in [-0.2, -0.15) is 8.75 Å². The van der Waals surface area contributed by atoms with Gasteiger partial charge < -0.3 is 0 Å². The van der Waals surface area contributed by atoms with Gasteiger partial charge in [0.05, 0.1) is 17.4 Å². The average molecular weight is 193 g/mol. The molecule has 2 aromatic heterocycles. The first-order valence-corrected chi connectivity index (χ1v) is 5.21. The van der Waals surface area contributed by atoms with E-state index in [1.807, 2.05) is 12.3 Å². The van der Waals surface area contributed by atoms with Gasteiger partial charge in [-0.1, -0.05) is 13.3 Å². The van der Waals surface area contributed by atoms with Crippen molar-refractivity contribution in [2.45, 2.75) is 26.2 Å². The van der Waals surface area contributed by atoms with Gasteiger partial charge in [0.15, 0.2) is 0 Å². The van der Waals surface area contributed by atoms with Crippen molar-refractivity contribution in [3.05, 3.63) is 18.0 Å². The lowest BCUT2D eigenvalue weighted by Gasteiger charge is -1.97. The van der Waals surface area contributed by atoms with Crippen LogP contribution in [0, 0.1) is 0 Å². The van der Waals surface area contributed by atoms with Crippen molar-refractivity contribution < 1.29 is 0 Å². The van der Waals surface area contributed by atoms with Gasteiger partial charge in [-0.05, 0) is 18.9 Å². The highest BCUT2D eigenvalue weighted by Crippen LogP contribution is 2.15. The van der Waals surface area contributed by atoms with E-state index in [-0.39, 0.29) is 0 Å². The number of hydrogen-bond acceptors (Lipinski definition) is 4. The third-order valence-corrected chi connectivity index (χ3v) is 2.56. The van der Waals surface area contributed by atoms with Gasteiger partial charge in [-0.3, -0.25) is 4.98 Å². The number of aryl methyl sites for hydroxylation is 1. The number of rotatable bonds is 3. The molecule has 0 aliphatic rings. The summed E-state index contributed by atoms with van der Waals surface area (Å²) in [6.07, 6.45) is 5.19. The molecule has 0 N–H and O–H groups in total. The Morgan fingerprint density at radius 2 is 2.31 bits per heavy atom. The van der Waals surface area contributed by atoms with Crippen LogP contribution in [0.2, 0.25) is 0 Å². The van der Waals surface area contributed by atoms with Crippen molar-refractivity contribution in [3.8, 4) is 0 Å². The second-order valence-corrected chi connectivity index (χ2v) is 3.52. The average Bonchev–Trinajstić information content (AvgIpc) is 2.62. The molecule has 0 saturated carbocycles. The Kier molecular flexibility index (Phi) is 2.49. The van der Waals surface area contributed by atoms with E-state index in [4.69, 9.17) is 0 Å². The summed E-state index contributed by atoms with van der Waals surface area (Å²) in [7, 11) is 0. The predicted octanol–water partition coefficient (Wildman–Crippen LogP) is 2.43. The Bertz CT molecular complexity index is 396. The minimum atomic E-state index is 0.978. The lowest BCUT2D eigenvalue weighted by Crippen LogP contribution is -1.90. The SMILES string of the molecule is CCCCc1nccc2nsnc12. The maximum atomic E-state index is 4.32. The summed E-state index contributed by atoms with van der Waals surface area (Å²) in [5, 5.41) is 0. The Labute approximate surface area is 81.2 Å². The molecule has 0 saturated heterocycles. The van der Waals surface area contributed by atoms with Crippen LogP contribution < -0.4 is 0 Å². The molecule has 0 spiro atoms. The quantitative estimate of drug-likeness (QED) is 0.751. The van der Waals surface area contributed by atoms with E-state index >= 15 is 0 Å². The number of nitrogens with zero attached hydrogens (tertiary/aromatic N) is 3. The minimum Gasteiger partial charge on any atom is -0.259 e. The van der Waals surface area contributed by atoms with E-state index in [9.17, 15) is 0 Å². The highest BCUT2D eigenvalue weighted by atomic mass is 32.1. The fourth-order valence-corrected chi connectivity index (χ4v) is 1.85. The second-order valence-electron chi connectivity index (χ2n) is 2.99. The van der Waals surface area contributed by atoms with Crippen LogP contribution in [0.3, 0.4) is 0 Å². The molecule has 0 amide bonds. The highest BCUT2D eigenvalue weighted by molar-refractivity contribution is 7.00. The molecule has 0 fully saturated rings. The molecule has 0 radical (unpaired) electrons. The Hall–Kier alpha value is -1.03. The Morgan fingerprint density at radius 1 is 1.38 bits per heavy atom. The van der Waals surface area contributed by atoms with Crippen LogP contribution >= 0.6 is 11.7 Å². The van der Waals surface area contributed by atoms with E-state index in [1.54, 1.807) is 0 Å². The van der Waals surface area contributed by atoms with Gasteiger partial charge >= 0.3 is 0 Å². The Balaban J connectivity index is 2.37. The van der Waals surface area contributed by atoms with Gasteiger partial charge in [0, 0.05) is 6.20 Å². The fourth-order valence-electron chi connectivity index (χ4n) is 1.29. The molecule has 2 rings (SSSR count). The highest BCUT2D eigenvalue weighted by Gasteiger charge is 2.04. The maximum absolute atomic E-state index is 4.32. The molecule has 0 bridgehead atoms. The molecule has 2 aromatic rings. The summed E-state index contributed by atoms with van der Waals surface area (Å²) < 4.78 is 8.42. The van der Waals surface area contributed by atoms with E-state index in [0.29, 0.717) is 0 Å². The summed E-state index contributed by atoms with van der Waals surface area (Å²) in [5.41, 5.74) is 3.06. The second kappa shape index (κ2) is 3.79. The molecular weight excluding hydrogens is 182 g/mol. The molecular formula is C9H11N3S. The number of pyridine rings is 1. The largest absolute Gasteiger partial charge is 0.259 e. The monoisotopic (exact) mass is 193 g/mol. The van der Waals surface area contributed by atoms with Crippen LogP contribution in [0.1, 0.15) is 25.5 Å². The first-order chi connectivity index (χ1) is 6.42. The normalized spacial score (nSPS) is 10.8. The summed E-state index contributed by atoms with van der Waals surface area (Å²) >= 11 is 1.26. The van der Waals surface area contributed by atoms with Crippen LogP contribution in [0.15, 0.2) is 12.3 Å². The van der Waals surface area contributed by atoms with Crippen LogP contribution in [0.25, 0.3) is 11.0 Å². The summed E-state index contributed by atoms with van der Waals surface area (Å²) in [6, 6.07) is 1.91. The third-order valence-electron chi connectivity index (χ3n) is 2.02. The van der Waals surface area contributed by atoms with Crippen molar-refractivity contribution in [3.63, 3.8) is 0 Å². The number of fused-ring (bicyclic) bond motifs is 1. The van der Waals surface area contributed by atoms with Crippen LogP contribution in [-0.2, 0) is 6.42 Å². The van der Waals surface area contributed by atoms with E-state index in [1.165, 1.54) is 24.6 Å². The molecule has 4 heteroatoms. The lowest BCUT2D eigenvalue weighted by molar-refractivity contribution is 0.781. The molecule has 2 heterocycles. The summed E-state index contributed by atoms with van der Waals surface area (Å²) in [6.45, 7) is 2.18. The molecule has 0 aliphatic carbocycles. The molecule has 0 aromatic carbocycles. The smallest absolute Gasteiger partial charge is 0.126 e. The minimum absolute atomic E-state index is 0.978. The number of hydrogen-bond donors (Lipinski definition) is 0. The van der Waals surface area contributed by atoms with Gasteiger partial charge in [0.2, 0.25) is 0 Å². The van der Waals surface area contributed by atoms with Crippen LogP contribution in [0.4, 0.5) is 0 Å². The summed E-state index contributed by atoms with van der Waals surface area (Å²) in [5.74, 6) is 0. The molecule has 3 nitrogen and oxygen atoms in total. The van der Waals surface area contributed by atoms with E-state index in [0.717, 1.165) is 23.1 Å². The van der Waals surface area contributed by atoms with Gasteiger partial charge in [0.25, 0.3) is 0 Å². The van der Waals surface area contributed by atoms with Crippen molar-refractivity contribution in [2.24, 2.45) is 0 Å². The summed E-state index contributed by atoms with van der Waals surface area (Å²) in [4.78, 5) is 4.32. The van der Waals surface area contributed by atoms with Gasteiger partial charge in [0.1, 0.15) is 11.0 Å². The molecule has 13 heavy (non-hydrogen) atoms. The van der Waals surface area contributed by atoms with Crippen molar-refractivity contribution in [1.29, 1.82) is 0 Å². The standard InChI is InChI=1S/C9H11N3S/c1-2-3-4-7-9-8(5-6-10-7)11-13-12-9/h5-6H,2-4H2,1H3. The molecule has 0 aliphatic heterocycles. The van der Waals surface area contributed by atoms with Crippen LogP contribution in [-0.4, -0.2) is 13.7 Å².